The molecule has 134 valence electrons. The van der Waals surface area contributed by atoms with Crippen LogP contribution in [0.3, 0.4) is 0 Å². The van der Waals surface area contributed by atoms with Crippen LogP contribution in [0.2, 0.25) is 0 Å². The highest BCUT2D eigenvalue weighted by molar-refractivity contribution is 5.90. The Kier molecular flexibility index (Phi) is 5.82. The number of nitro benzene ring substituents is 1. The highest BCUT2D eigenvalue weighted by atomic mass is 16.6. The fourth-order valence-corrected chi connectivity index (χ4v) is 2.46. The number of nitrogens with zero attached hydrogens (tertiary/aromatic N) is 3. The monoisotopic (exact) mass is 356 g/mol. The molecule has 0 spiro atoms. The summed E-state index contributed by atoms with van der Waals surface area (Å²) < 4.78 is 6.15. The number of anilines is 1. The van der Waals surface area contributed by atoms with E-state index in [1.807, 2.05) is 6.07 Å². The van der Waals surface area contributed by atoms with Crippen LogP contribution in [0.1, 0.15) is 16.8 Å². The lowest BCUT2D eigenvalue weighted by molar-refractivity contribution is -0.384. The van der Waals surface area contributed by atoms with Crippen molar-refractivity contribution in [3.8, 4) is 6.07 Å². The number of ether oxygens (including phenoxy) is 1. The number of hydrogen-bond donors (Lipinski definition) is 1. The van der Waals surface area contributed by atoms with Gasteiger partial charge in [0.05, 0.1) is 11.5 Å². The number of pyridine rings is 1. The number of aromatic nitrogens is 1. The van der Waals surface area contributed by atoms with Gasteiger partial charge in [-0.05, 0) is 19.1 Å². The average Bonchev–Trinajstić information content (AvgIpc) is 2.59. The van der Waals surface area contributed by atoms with Crippen molar-refractivity contribution in [1.29, 1.82) is 5.26 Å². The van der Waals surface area contributed by atoms with Gasteiger partial charge >= 0.3 is 0 Å². The topological polar surface area (TPSA) is 127 Å². The SMILES string of the molecule is COCc1cc(C)n(CC(=O)Nc2cccc([N+](=O)[O-])c2)c(=O)c1C#N. The van der Waals surface area contributed by atoms with Crippen LogP contribution in [0.4, 0.5) is 11.4 Å². The number of non-ortho nitro benzene ring substituents is 1. The maximum Gasteiger partial charge on any atom is 0.271 e. The number of amides is 1. The van der Waals surface area contributed by atoms with Crippen LogP contribution in [0.5, 0.6) is 0 Å². The van der Waals surface area contributed by atoms with E-state index < -0.39 is 16.4 Å². The second-order valence-corrected chi connectivity index (χ2v) is 5.48. The van der Waals surface area contributed by atoms with Gasteiger partial charge < -0.3 is 14.6 Å². The van der Waals surface area contributed by atoms with Gasteiger partial charge in [-0.1, -0.05) is 6.07 Å². The molecular weight excluding hydrogens is 340 g/mol. The lowest BCUT2D eigenvalue weighted by atomic mass is 10.1. The molecule has 9 heteroatoms. The number of hydrogen-bond acceptors (Lipinski definition) is 6. The predicted molar refractivity (Wildman–Crippen MR) is 92.6 cm³/mol. The zero-order valence-electron chi connectivity index (χ0n) is 14.2. The third-order valence-electron chi connectivity index (χ3n) is 3.64. The number of nitriles is 1. The van der Waals surface area contributed by atoms with E-state index in [1.165, 1.54) is 35.9 Å². The summed E-state index contributed by atoms with van der Waals surface area (Å²) in [7, 11) is 1.45. The molecule has 0 radical (unpaired) electrons. The molecular formula is C17H16N4O5. The molecule has 1 aromatic heterocycles. The van der Waals surface area contributed by atoms with Gasteiger partial charge in [0.2, 0.25) is 5.91 Å². The third-order valence-corrected chi connectivity index (χ3v) is 3.64. The van der Waals surface area contributed by atoms with E-state index in [0.717, 1.165) is 0 Å². The molecule has 0 fully saturated rings. The van der Waals surface area contributed by atoms with Gasteiger partial charge in [0, 0.05) is 36.2 Å². The Balaban J connectivity index is 2.27. The fraction of sp³-hybridized carbons (Fsp3) is 0.235. The molecule has 1 heterocycles. The number of carbonyl (C=O) groups is 1. The molecule has 1 amide bonds. The highest BCUT2D eigenvalue weighted by Gasteiger charge is 2.15. The number of carbonyl (C=O) groups excluding carboxylic acids is 1. The smallest absolute Gasteiger partial charge is 0.271 e. The van der Waals surface area contributed by atoms with Gasteiger partial charge in [-0.3, -0.25) is 19.7 Å². The molecule has 0 unspecified atom stereocenters. The van der Waals surface area contributed by atoms with Crippen LogP contribution >= 0.6 is 0 Å². The summed E-state index contributed by atoms with van der Waals surface area (Å²) in [6.07, 6.45) is 0. The van der Waals surface area contributed by atoms with Gasteiger partial charge in [-0.2, -0.15) is 5.26 Å². The standard InChI is InChI=1S/C17H16N4O5/c1-11-6-12(10-26-2)15(8-18)17(23)20(11)9-16(22)19-13-4-3-5-14(7-13)21(24)25/h3-7H,9-10H2,1-2H3,(H,19,22). The van der Waals surface area contributed by atoms with E-state index in [1.54, 1.807) is 13.0 Å². The van der Waals surface area contributed by atoms with Crippen molar-refractivity contribution in [3.63, 3.8) is 0 Å². The van der Waals surface area contributed by atoms with Gasteiger partial charge in [-0.15, -0.1) is 0 Å². The Morgan fingerprint density at radius 3 is 2.77 bits per heavy atom. The molecule has 2 rings (SSSR count). The molecule has 0 aliphatic heterocycles. The van der Waals surface area contributed by atoms with Crippen LogP contribution in [0.15, 0.2) is 35.1 Å². The maximum atomic E-state index is 12.5. The second-order valence-electron chi connectivity index (χ2n) is 5.48. The predicted octanol–water partition coefficient (Wildman–Crippen LogP) is 1.72. The van der Waals surface area contributed by atoms with E-state index in [2.05, 4.69) is 5.32 Å². The molecule has 1 N–H and O–H groups in total. The minimum atomic E-state index is -0.589. The van der Waals surface area contributed by atoms with Crippen LogP contribution < -0.4 is 10.9 Å². The zero-order chi connectivity index (χ0) is 19.3. The number of benzene rings is 1. The fourth-order valence-electron chi connectivity index (χ4n) is 2.46. The maximum absolute atomic E-state index is 12.5. The lowest BCUT2D eigenvalue weighted by Crippen LogP contribution is -2.31. The number of nitro groups is 1. The Morgan fingerprint density at radius 1 is 1.42 bits per heavy atom. The summed E-state index contributed by atoms with van der Waals surface area (Å²) in [5, 5.41) is 22.5. The number of methoxy groups -OCH3 is 1. The Morgan fingerprint density at radius 2 is 2.15 bits per heavy atom. The summed E-state index contributed by atoms with van der Waals surface area (Å²) >= 11 is 0. The first kappa shape index (κ1) is 18.8. The molecule has 0 bridgehead atoms. The molecule has 0 saturated heterocycles. The largest absolute Gasteiger partial charge is 0.380 e. The molecule has 9 nitrogen and oxygen atoms in total. The Labute approximate surface area is 148 Å². The van der Waals surface area contributed by atoms with Crippen molar-refractivity contribution in [2.24, 2.45) is 0 Å². The van der Waals surface area contributed by atoms with Crippen molar-refractivity contribution in [1.82, 2.24) is 4.57 Å². The first-order valence-corrected chi connectivity index (χ1v) is 7.54. The van der Waals surface area contributed by atoms with Gasteiger partial charge in [0.25, 0.3) is 11.2 Å². The zero-order valence-corrected chi connectivity index (χ0v) is 14.2. The molecule has 26 heavy (non-hydrogen) atoms. The van der Waals surface area contributed by atoms with Gasteiger partial charge in [-0.25, -0.2) is 0 Å². The summed E-state index contributed by atoms with van der Waals surface area (Å²) in [5.41, 5.74) is 0.357. The van der Waals surface area contributed by atoms with Crippen LogP contribution in [-0.2, 0) is 22.7 Å². The molecule has 0 saturated carbocycles. The quantitative estimate of drug-likeness (QED) is 0.620. The van der Waals surface area contributed by atoms with Crippen molar-refractivity contribution in [2.45, 2.75) is 20.1 Å². The minimum Gasteiger partial charge on any atom is -0.380 e. The second kappa shape index (κ2) is 8.04. The highest BCUT2D eigenvalue weighted by Crippen LogP contribution is 2.17. The summed E-state index contributed by atoms with van der Waals surface area (Å²) in [6.45, 7) is 1.43. The molecule has 0 aliphatic rings. The van der Waals surface area contributed by atoms with Gasteiger partial charge in [0.1, 0.15) is 18.2 Å². The van der Waals surface area contributed by atoms with E-state index in [9.17, 15) is 25.0 Å². The number of rotatable bonds is 6. The molecule has 0 aliphatic carbocycles. The normalized spacial score (nSPS) is 10.2. The molecule has 2 aromatic rings. The minimum absolute atomic E-state index is 0.0828. The summed E-state index contributed by atoms with van der Waals surface area (Å²) in [4.78, 5) is 34.9. The van der Waals surface area contributed by atoms with Crippen LogP contribution in [0.25, 0.3) is 0 Å². The summed E-state index contributed by atoms with van der Waals surface area (Å²) in [6, 6.07) is 8.92. The Hall–Kier alpha value is -3.51. The van der Waals surface area contributed by atoms with Crippen molar-refractivity contribution < 1.29 is 14.5 Å². The lowest BCUT2D eigenvalue weighted by Gasteiger charge is -2.13. The van der Waals surface area contributed by atoms with Crippen LogP contribution in [0, 0.1) is 28.4 Å². The summed E-state index contributed by atoms with van der Waals surface area (Å²) in [5.74, 6) is -0.543. The number of aryl methyl sites for hydroxylation is 1. The van der Waals surface area contributed by atoms with Crippen LogP contribution in [-0.4, -0.2) is 22.5 Å². The Bertz CT molecular complexity index is 959. The van der Waals surface area contributed by atoms with Crippen molar-refractivity contribution >= 4 is 17.3 Å². The molecule has 0 atom stereocenters. The number of nitrogens with one attached hydrogen (secondary N) is 1. The first-order valence-electron chi connectivity index (χ1n) is 7.54. The van der Waals surface area contributed by atoms with Crippen molar-refractivity contribution in [3.05, 3.63) is 67.6 Å². The van der Waals surface area contributed by atoms with Crippen molar-refractivity contribution in [2.75, 3.05) is 12.4 Å². The van der Waals surface area contributed by atoms with E-state index in [-0.39, 0.29) is 30.1 Å². The average molecular weight is 356 g/mol. The van der Waals surface area contributed by atoms with E-state index in [0.29, 0.717) is 11.3 Å². The van der Waals surface area contributed by atoms with E-state index >= 15 is 0 Å². The van der Waals surface area contributed by atoms with E-state index in [4.69, 9.17) is 4.74 Å². The van der Waals surface area contributed by atoms with Gasteiger partial charge in [0.15, 0.2) is 0 Å². The first-order chi connectivity index (χ1) is 12.4. The third kappa shape index (κ3) is 4.12. The molecule has 1 aromatic carbocycles.